The van der Waals surface area contributed by atoms with Crippen molar-refractivity contribution in [2.75, 3.05) is 5.32 Å². The van der Waals surface area contributed by atoms with E-state index in [2.05, 4.69) is 20.5 Å². The van der Waals surface area contributed by atoms with Crippen LogP contribution in [0.3, 0.4) is 0 Å². The molecule has 4 aromatic rings. The van der Waals surface area contributed by atoms with Gasteiger partial charge >= 0.3 is 0 Å². The number of phenols is 1. The maximum atomic E-state index is 9.89. The minimum absolute atomic E-state index is 0.137. The van der Waals surface area contributed by atoms with Crippen LogP contribution in [0, 0.1) is 0 Å². The highest BCUT2D eigenvalue weighted by atomic mass is 35.5. The summed E-state index contributed by atoms with van der Waals surface area (Å²) < 4.78 is 1.80. The third-order valence-electron chi connectivity index (χ3n) is 3.35. The van der Waals surface area contributed by atoms with Gasteiger partial charge in [0.15, 0.2) is 5.82 Å². The fraction of sp³-hybridized carbons (Fsp3) is 0. The molecule has 0 spiro atoms. The zero-order valence-electron chi connectivity index (χ0n) is 11.2. The molecule has 0 aliphatic carbocycles. The van der Waals surface area contributed by atoms with E-state index in [9.17, 15) is 5.11 Å². The molecule has 108 valence electrons. The van der Waals surface area contributed by atoms with Crippen LogP contribution in [0.15, 0.2) is 48.8 Å². The lowest BCUT2D eigenvalue weighted by Crippen LogP contribution is -2.00. The molecule has 0 saturated carbocycles. The van der Waals surface area contributed by atoms with Gasteiger partial charge in [0.2, 0.25) is 5.65 Å². The highest BCUT2D eigenvalue weighted by molar-refractivity contribution is 6.31. The molecule has 0 bridgehead atoms. The van der Waals surface area contributed by atoms with Crippen molar-refractivity contribution in [1.29, 1.82) is 0 Å². The molecule has 0 radical (unpaired) electrons. The lowest BCUT2D eigenvalue weighted by Gasteiger charge is -2.10. The van der Waals surface area contributed by atoms with Crippen LogP contribution in [0.5, 0.6) is 5.75 Å². The Balaban J connectivity index is 1.95. The smallest absolute Gasteiger partial charge is 0.204 e. The zero-order chi connectivity index (χ0) is 15.1. The summed E-state index contributed by atoms with van der Waals surface area (Å²) in [5.41, 5.74) is 2.66. The first kappa shape index (κ1) is 12.8. The van der Waals surface area contributed by atoms with Crippen LogP contribution in [-0.2, 0) is 0 Å². The minimum atomic E-state index is 0.137. The van der Waals surface area contributed by atoms with Gasteiger partial charge in [-0.1, -0.05) is 23.7 Å². The van der Waals surface area contributed by atoms with Gasteiger partial charge in [0.25, 0.3) is 0 Å². The molecule has 6 nitrogen and oxygen atoms in total. The predicted molar refractivity (Wildman–Crippen MR) is 84.7 cm³/mol. The standard InChI is InChI=1S/C15H10ClN5O/c16-9-5-6-10-12(7-9)21-8-17-20-15(21)14(18-10)19-11-3-1-2-4-13(11)22/h1-8,22H,(H,18,19). The van der Waals surface area contributed by atoms with E-state index in [4.69, 9.17) is 11.6 Å². The molecule has 22 heavy (non-hydrogen) atoms. The van der Waals surface area contributed by atoms with Crippen LogP contribution < -0.4 is 5.32 Å². The molecule has 0 atom stereocenters. The summed E-state index contributed by atoms with van der Waals surface area (Å²) >= 11 is 6.05. The Morgan fingerprint density at radius 3 is 2.86 bits per heavy atom. The number of nitrogens with one attached hydrogen (secondary N) is 1. The highest BCUT2D eigenvalue weighted by Crippen LogP contribution is 2.28. The Bertz CT molecular complexity index is 998. The summed E-state index contributed by atoms with van der Waals surface area (Å²) in [5, 5.41) is 21.6. The quantitative estimate of drug-likeness (QED) is 0.555. The fourth-order valence-corrected chi connectivity index (χ4v) is 2.48. The summed E-state index contributed by atoms with van der Waals surface area (Å²) in [6, 6.07) is 12.3. The molecule has 0 aliphatic rings. The summed E-state index contributed by atoms with van der Waals surface area (Å²) in [6.07, 6.45) is 1.60. The van der Waals surface area contributed by atoms with E-state index in [-0.39, 0.29) is 5.75 Å². The van der Waals surface area contributed by atoms with Crippen molar-refractivity contribution in [3.05, 3.63) is 53.8 Å². The van der Waals surface area contributed by atoms with Gasteiger partial charge in [0.1, 0.15) is 12.1 Å². The molecular weight excluding hydrogens is 302 g/mol. The van der Waals surface area contributed by atoms with Gasteiger partial charge in [-0.2, -0.15) is 0 Å². The number of rotatable bonds is 2. The minimum Gasteiger partial charge on any atom is -0.506 e. The Morgan fingerprint density at radius 1 is 1.14 bits per heavy atom. The second kappa shape index (κ2) is 4.85. The Hall–Kier alpha value is -2.86. The first-order valence-corrected chi connectivity index (χ1v) is 6.94. The summed E-state index contributed by atoms with van der Waals surface area (Å²) in [5.74, 6) is 0.645. The number of para-hydroxylation sites is 2. The molecule has 0 unspecified atom stereocenters. The average molecular weight is 312 g/mol. The van der Waals surface area contributed by atoms with E-state index >= 15 is 0 Å². The lowest BCUT2D eigenvalue weighted by atomic mass is 10.3. The molecule has 7 heteroatoms. The molecule has 0 amide bonds. The molecule has 0 saturated heterocycles. The number of halogens is 1. The number of phenolic OH excluding ortho intramolecular Hbond substituents is 1. The van der Waals surface area contributed by atoms with Crippen LogP contribution >= 0.6 is 11.6 Å². The number of aromatic nitrogens is 4. The molecule has 0 aliphatic heterocycles. The van der Waals surface area contributed by atoms with Crippen molar-refractivity contribution >= 4 is 39.8 Å². The maximum Gasteiger partial charge on any atom is 0.204 e. The number of hydrogen-bond donors (Lipinski definition) is 2. The molecule has 2 aromatic heterocycles. The van der Waals surface area contributed by atoms with Gasteiger partial charge in [-0.05, 0) is 30.3 Å². The van der Waals surface area contributed by atoms with Crippen LogP contribution in [0.25, 0.3) is 16.7 Å². The van der Waals surface area contributed by atoms with Gasteiger partial charge in [0, 0.05) is 5.02 Å². The number of hydrogen-bond acceptors (Lipinski definition) is 5. The van der Waals surface area contributed by atoms with Crippen molar-refractivity contribution in [3.8, 4) is 5.75 Å². The van der Waals surface area contributed by atoms with Gasteiger partial charge in [-0.15, -0.1) is 10.2 Å². The number of aromatic hydroxyl groups is 1. The Morgan fingerprint density at radius 2 is 2.00 bits per heavy atom. The number of fused-ring (bicyclic) bond motifs is 3. The van der Waals surface area contributed by atoms with E-state index in [0.717, 1.165) is 11.0 Å². The summed E-state index contributed by atoms with van der Waals surface area (Å²) in [6.45, 7) is 0. The molecular formula is C15H10ClN5O. The predicted octanol–water partition coefficient (Wildman–Crippen LogP) is 3.38. The Kier molecular flexibility index (Phi) is 2.83. The van der Waals surface area contributed by atoms with Crippen LogP contribution in [0.1, 0.15) is 0 Å². The van der Waals surface area contributed by atoms with Gasteiger partial charge in [0.05, 0.1) is 16.7 Å². The number of nitrogens with zero attached hydrogens (tertiary/aromatic N) is 4. The van der Waals surface area contributed by atoms with Crippen LogP contribution in [-0.4, -0.2) is 24.7 Å². The van der Waals surface area contributed by atoms with E-state index in [0.29, 0.717) is 22.2 Å². The first-order chi connectivity index (χ1) is 10.7. The van der Waals surface area contributed by atoms with Crippen molar-refractivity contribution in [2.45, 2.75) is 0 Å². The second-order valence-electron chi connectivity index (χ2n) is 4.76. The number of anilines is 2. The summed E-state index contributed by atoms with van der Waals surface area (Å²) in [7, 11) is 0. The largest absolute Gasteiger partial charge is 0.506 e. The molecule has 0 fully saturated rings. The first-order valence-electron chi connectivity index (χ1n) is 6.56. The molecule has 2 aromatic carbocycles. The third kappa shape index (κ3) is 2.01. The normalized spacial score (nSPS) is 11.1. The van der Waals surface area contributed by atoms with Gasteiger partial charge in [-0.3, -0.25) is 4.40 Å². The maximum absolute atomic E-state index is 9.89. The van der Waals surface area contributed by atoms with Crippen molar-refractivity contribution in [3.63, 3.8) is 0 Å². The Labute approximate surface area is 130 Å². The van der Waals surface area contributed by atoms with E-state index in [1.807, 2.05) is 18.2 Å². The molecule has 2 N–H and O–H groups in total. The highest BCUT2D eigenvalue weighted by Gasteiger charge is 2.12. The van der Waals surface area contributed by atoms with Crippen LogP contribution in [0.2, 0.25) is 5.02 Å². The third-order valence-corrected chi connectivity index (χ3v) is 3.58. The monoisotopic (exact) mass is 311 g/mol. The summed E-state index contributed by atoms with van der Waals surface area (Å²) in [4.78, 5) is 4.55. The van der Waals surface area contributed by atoms with Crippen molar-refractivity contribution in [1.82, 2.24) is 19.6 Å². The van der Waals surface area contributed by atoms with E-state index < -0.39 is 0 Å². The zero-order valence-corrected chi connectivity index (χ0v) is 12.0. The average Bonchev–Trinajstić information content (AvgIpc) is 3.00. The molecule has 2 heterocycles. The van der Waals surface area contributed by atoms with Gasteiger partial charge < -0.3 is 10.4 Å². The number of benzene rings is 2. The molecule has 4 rings (SSSR count). The topological polar surface area (TPSA) is 75.3 Å². The lowest BCUT2D eigenvalue weighted by molar-refractivity contribution is 0.478. The van der Waals surface area contributed by atoms with Crippen molar-refractivity contribution < 1.29 is 5.11 Å². The van der Waals surface area contributed by atoms with E-state index in [1.165, 1.54) is 0 Å². The van der Waals surface area contributed by atoms with Crippen LogP contribution in [0.4, 0.5) is 11.5 Å². The van der Waals surface area contributed by atoms with Crippen molar-refractivity contribution in [2.24, 2.45) is 0 Å². The second-order valence-corrected chi connectivity index (χ2v) is 5.20. The SMILES string of the molecule is Oc1ccccc1Nc1nc2ccc(Cl)cc2n2cnnc12. The van der Waals surface area contributed by atoms with Gasteiger partial charge in [-0.25, -0.2) is 4.98 Å². The fourth-order valence-electron chi connectivity index (χ4n) is 2.32. The van der Waals surface area contributed by atoms with E-state index in [1.54, 1.807) is 35.0 Å².